The monoisotopic (exact) mass is 429 g/mol. The van der Waals surface area contributed by atoms with Crippen molar-refractivity contribution in [2.75, 3.05) is 13.8 Å². The highest BCUT2D eigenvalue weighted by atomic mass is 16.5. The van der Waals surface area contributed by atoms with Gasteiger partial charge in [-0.15, -0.1) is 0 Å². The molecule has 0 aromatic heterocycles. The zero-order valence-electron chi connectivity index (χ0n) is 21.5. The van der Waals surface area contributed by atoms with E-state index < -0.39 is 0 Å². The summed E-state index contributed by atoms with van der Waals surface area (Å²) in [5, 5.41) is 3.16. The van der Waals surface area contributed by atoms with Crippen LogP contribution in [0.5, 0.6) is 0 Å². The maximum Gasteiger partial charge on any atom is 0.0966 e. The van der Waals surface area contributed by atoms with E-state index in [0.717, 1.165) is 35.5 Å². The predicted molar refractivity (Wildman–Crippen MR) is 132 cm³/mol. The van der Waals surface area contributed by atoms with Crippen LogP contribution in [0.2, 0.25) is 0 Å². The lowest BCUT2D eigenvalue weighted by Crippen LogP contribution is -2.51. The summed E-state index contributed by atoms with van der Waals surface area (Å²) in [6.45, 7) is 13.4. The molecule has 2 nitrogen and oxygen atoms in total. The molecule has 0 aromatic carbocycles. The summed E-state index contributed by atoms with van der Waals surface area (Å²) in [6, 6.07) is 0. The minimum atomic E-state index is 0.430. The second kappa shape index (κ2) is 9.49. The minimum Gasteiger partial charge on any atom is -0.363 e. The standard InChI is InChI=1S/C29H51NO/c1-20(2)8-7-9-21(3)25-12-13-26-24-11-10-22-18-23(31-19-30-6)14-16-28(22,4)27(24)15-17-29(25,26)5/h10,20-21,23-27,30H,7-9,11-19H2,1-6H3. The topological polar surface area (TPSA) is 21.3 Å². The third-order valence-corrected chi connectivity index (χ3v) is 10.7. The molecule has 4 aliphatic rings. The van der Waals surface area contributed by atoms with Gasteiger partial charge in [-0.05, 0) is 105 Å². The molecule has 0 saturated heterocycles. The van der Waals surface area contributed by atoms with Crippen molar-refractivity contribution in [3.63, 3.8) is 0 Å². The van der Waals surface area contributed by atoms with Gasteiger partial charge in [0.1, 0.15) is 0 Å². The molecule has 1 N–H and O–H groups in total. The normalized spacial score (nSPS) is 43.2. The van der Waals surface area contributed by atoms with E-state index in [0.29, 0.717) is 23.7 Å². The van der Waals surface area contributed by atoms with E-state index in [-0.39, 0.29) is 0 Å². The fourth-order valence-electron chi connectivity index (χ4n) is 9.00. The third kappa shape index (κ3) is 4.42. The Morgan fingerprint density at radius 3 is 2.58 bits per heavy atom. The van der Waals surface area contributed by atoms with Crippen LogP contribution in [0.3, 0.4) is 0 Å². The first-order chi connectivity index (χ1) is 14.8. The van der Waals surface area contributed by atoms with Gasteiger partial charge in [-0.3, -0.25) is 5.32 Å². The Morgan fingerprint density at radius 1 is 1.03 bits per heavy atom. The molecule has 3 saturated carbocycles. The van der Waals surface area contributed by atoms with Crippen LogP contribution < -0.4 is 5.32 Å². The van der Waals surface area contributed by atoms with Gasteiger partial charge in [0.2, 0.25) is 0 Å². The van der Waals surface area contributed by atoms with Crippen LogP contribution in [-0.2, 0) is 4.74 Å². The van der Waals surface area contributed by atoms with Crippen LogP contribution in [0.4, 0.5) is 0 Å². The van der Waals surface area contributed by atoms with Crippen molar-refractivity contribution in [2.24, 2.45) is 46.3 Å². The van der Waals surface area contributed by atoms with Gasteiger partial charge in [0.15, 0.2) is 0 Å². The molecule has 0 spiro atoms. The molecule has 0 aromatic rings. The summed E-state index contributed by atoms with van der Waals surface area (Å²) >= 11 is 0. The number of hydrogen-bond donors (Lipinski definition) is 1. The van der Waals surface area contributed by atoms with Gasteiger partial charge in [-0.2, -0.15) is 0 Å². The Balaban J connectivity index is 1.45. The summed E-state index contributed by atoms with van der Waals surface area (Å²) < 4.78 is 6.08. The van der Waals surface area contributed by atoms with Crippen LogP contribution >= 0.6 is 0 Å². The molecule has 0 bridgehead atoms. The Bertz CT molecular complexity index is 641. The predicted octanol–water partition coefficient (Wildman–Crippen LogP) is 7.59. The number of allylic oxidation sites excluding steroid dienone is 1. The molecule has 0 radical (unpaired) electrons. The molecule has 8 atom stereocenters. The first-order valence-corrected chi connectivity index (χ1v) is 13.7. The average molecular weight is 430 g/mol. The van der Waals surface area contributed by atoms with Crippen molar-refractivity contribution in [3.05, 3.63) is 11.6 Å². The molecule has 0 aliphatic heterocycles. The second-order valence-corrected chi connectivity index (χ2v) is 12.8. The first-order valence-electron chi connectivity index (χ1n) is 13.7. The molecule has 31 heavy (non-hydrogen) atoms. The number of fused-ring (bicyclic) bond motifs is 5. The van der Waals surface area contributed by atoms with Crippen molar-refractivity contribution in [3.8, 4) is 0 Å². The van der Waals surface area contributed by atoms with E-state index in [4.69, 9.17) is 4.74 Å². The molecule has 3 fully saturated rings. The second-order valence-electron chi connectivity index (χ2n) is 12.8. The molecular weight excluding hydrogens is 378 g/mol. The number of nitrogens with one attached hydrogen (secondary N) is 1. The molecule has 0 amide bonds. The number of ether oxygens (including phenoxy) is 1. The fraction of sp³-hybridized carbons (Fsp3) is 0.931. The largest absolute Gasteiger partial charge is 0.363 e. The fourth-order valence-corrected chi connectivity index (χ4v) is 9.00. The van der Waals surface area contributed by atoms with Gasteiger partial charge in [-0.25, -0.2) is 0 Å². The Hall–Kier alpha value is -0.340. The van der Waals surface area contributed by atoms with Gasteiger partial charge in [0.25, 0.3) is 0 Å². The maximum atomic E-state index is 6.08. The summed E-state index contributed by atoms with van der Waals surface area (Å²) in [6.07, 6.45) is 18.5. The number of rotatable bonds is 8. The van der Waals surface area contributed by atoms with Crippen molar-refractivity contribution < 1.29 is 4.74 Å². The van der Waals surface area contributed by atoms with Crippen molar-refractivity contribution in [1.29, 1.82) is 0 Å². The van der Waals surface area contributed by atoms with Crippen LogP contribution in [-0.4, -0.2) is 19.9 Å². The minimum absolute atomic E-state index is 0.430. The van der Waals surface area contributed by atoms with E-state index in [1.165, 1.54) is 70.6 Å². The molecule has 178 valence electrons. The third-order valence-electron chi connectivity index (χ3n) is 10.7. The average Bonchev–Trinajstić information content (AvgIpc) is 3.09. The molecule has 0 heterocycles. The molecule has 8 unspecified atom stereocenters. The van der Waals surface area contributed by atoms with Crippen molar-refractivity contribution in [2.45, 2.75) is 111 Å². The van der Waals surface area contributed by atoms with E-state index in [1.807, 2.05) is 7.05 Å². The zero-order chi connectivity index (χ0) is 22.2. The van der Waals surface area contributed by atoms with Gasteiger partial charge < -0.3 is 4.74 Å². The quantitative estimate of drug-likeness (QED) is 0.317. The van der Waals surface area contributed by atoms with E-state index in [1.54, 1.807) is 5.57 Å². The summed E-state index contributed by atoms with van der Waals surface area (Å²) in [5.41, 5.74) is 2.80. The highest BCUT2D eigenvalue weighted by Gasteiger charge is 2.59. The molecular formula is C29H51NO. The lowest BCUT2D eigenvalue weighted by molar-refractivity contribution is -0.0648. The molecule has 4 rings (SSSR count). The lowest BCUT2D eigenvalue weighted by atomic mass is 9.47. The zero-order valence-corrected chi connectivity index (χ0v) is 21.5. The number of hydrogen-bond acceptors (Lipinski definition) is 2. The Labute approximate surface area is 193 Å². The smallest absolute Gasteiger partial charge is 0.0966 e. The van der Waals surface area contributed by atoms with Gasteiger partial charge in [-0.1, -0.05) is 65.5 Å². The van der Waals surface area contributed by atoms with Crippen LogP contribution in [0.15, 0.2) is 11.6 Å². The van der Waals surface area contributed by atoms with Gasteiger partial charge in [0.05, 0.1) is 12.8 Å². The van der Waals surface area contributed by atoms with Crippen molar-refractivity contribution >= 4 is 0 Å². The van der Waals surface area contributed by atoms with E-state index in [2.05, 4.69) is 46.0 Å². The summed E-state index contributed by atoms with van der Waals surface area (Å²) in [4.78, 5) is 0. The molecule has 2 heteroatoms. The summed E-state index contributed by atoms with van der Waals surface area (Å²) in [7, 11) is 1.98. The molecule has 4 aliphatic carbocycles. The first kappa shape index (κ1) is 23.8. The Kier molecular flexibility index (Phi) is 7.29. The van der Waals surface area contributed by atoms with E-state index >= 15 is 0 Å². The van der Waals surface area contributed by atoms with Crippen LogP contribution in [0.1, 0.15) is 105 Å². The maximum absolute atomic E-state index is 6.08. The van der Waals surface area contributed by atoms with Crippen LogP contribution in [0, 0.1) is 46.3 Å². The van der Waals surface area contributed by atoms with Crippen molar-refractivity contribution in [1.82, 2.24) is 5.32 Å². The van der Waals surface area contributed by atoms with E-state index in [9.17, 15) is 0 Å². The van der Waals surface area contributed by atoms with Gasteiger partial charge in [0, 0.05) is 0 Å². The summed E-state index contributed by atoms with van der Waals surface area (Å²) in [5.74, 6) is 5.57. The Morgan fingerprint density at radius 2 is 1.84 bits per heavy atom. The van der Waals surface area contributed by atoms with Crippen LogP contribution in [0.25, 0.3) is 0 Å². The highest BCUT2D eigenvalue weighted by Crippen LogP contribution is 2.67. The highest BCUT2D eigenvalue weighted by molar-refractivity contribution is 5.25. The van der Waals surface area contributed by atoms with Gasteiger partial charge >= 0.3 is 0 Å². The SMILES string of the molecule is CNCOC1CCC2(C)C(=CCC3C2CCC2(C)C(C(C)CCCC(C)C)CCC32)C1. The lowest BCUT2D eigenvalue weighted by Gasteiger charge is -2.58.